The number of para-hydroxylation sites is 3. The third-order valence-electron chi connectivity index (χ3n) is 28.2. The first-order chi connectivity index (χ1) is 64.2. The maximum atomic E-state index is 5.24. The molecule has 0 saturated heterocycles. The first-order valence-electron chi connectivity index (χ1n) is 45.2. The van der Waals surface area contributed by atoms with Crippen molar-refractivity contribution < 1.29 is 0 Å². The molecule has 131 heavy (non-hydrogen) atoms. The second-order valence-electron chi connectivity index (χ2n) is 36.7. The van der Waals surface area contributed by atoms with E-state index < -0.39 is 0 Å². The van der Waals surface area contributed by atoms with Crippen molar-refractivity contribution in [2.45, 2.75) is 57.8 Å². The van der Waals surface area contributed by atoms with Crippen LogP contribution < -0.4 is 0 Å². The summed E-state index contributed by atoms with van der Waals surface area (Å²) in [4.78, 5) is 39.8. The minimum Gasteiger partial charge on any atom is -0.265 e. The Morgan fingerprint density at radius 3 is 0.901 bits per heavy atom. The first kappa shape index (κ1) is 77.0. The number of benzene rings is 16. The number of pyridine rings is 8. The van der Waals surface area contributed by atoms with Gasteiger partial charge in [-0.05, 0) is 176 Å². The second-order valence-corrected chi connectivity index (χ2v) is 36.7. The molecule has 3 aliphatic rings. The van der Waals surface area contributed by atoms with Crippen molar-refractivity contribution in [3.05, 3.63) is 434 Å². The molecule has 0 unspecified atom stereocenters. The molecule has 0 spiro atoms. The summed E-state index contributed by atoms with van der Waals surface area (Å²) in [5.41, 5.74) is 39.7. The Morgan fingerprint density at radius 1 is 0.191 bits per heavy atom. The predicted octanol–water partition coefficient (Wildman–Crippen LogP) is 31.4. The minimum atomic E-state index is -0.163. The molecule has 0 fully saturated rings. The lowest BCUT2D eigenvalue weighted by atomic mass is 9.78. The monoisotopic (exact) mass is 1670 g/mol. The summed E-state index contributed by atoms with van der Waals surface area (Å²) in [7, 11) is 0. The Hall–Kier alpha value is -16.4. The van der Waals surface area contributed by atoms with E-state index in [9.17, 15) is 0 Å². The molecule has 0 saturated carbocycles. The van der Waals surface area contributed by atoms with Crippen LogP contribution in [0.25, 0.3) is 232 Å². The summed E-state index contributed by atoms with van der Waals surface area (Å²) in [6.45, 7) is 14.0. The van der Waals surface area contributed by atoms with Gasteiger partial charge in [0.2, 0.25) is 0 Å². The molecule has 8 nitrogen and oxygen atoms in total. The van der Waals surface area contributed by atoms with Crippen LogP contribution in [0.15, 0.2) is 401 Å². The van der Waals surface area contributed by atoms with E-state index in [1.54, 1.807) is 0 Å². The Bertz CT molecular complexity index is 8850. The van der Waals surface area contributed by atoms with Crippen LogP contribution in [0.1, 0.15) is 74.9 Å². The number of nitrogens with zero attached hydrogens (tertiary/aromatic N) is 8. The van der Waals surface area contributed by atoms with Crippen molar-refractivity contribution in [1.82, 2.24) is 39.9 Å². The van der Waals surface area contributed by atoms with E-state index in [1.165, 1.54) is 154 Å². The van der Waals surface area contributed by atoms with Gasteiger partial charge in [0, 0.05) is 106 Å². The van der Waals surface area contributed by atoms with E-state index in [-0.39, 0.29) is 16.2 Å². The molecule has 24 aromatic rings. The number of rotatable bonds is 8. The van der Waals surface area contributed by atoms with Gasteiger partial charge < -0.3 is 0 Å². The molecule has 0 aliphatic heterocycles. The molecule has 616 valence electrons. The van der Waals surface area contributed by atoms with E-state index in [2.05, 4.69) is 409 Å². The number of hydrogen-bond acceptors (Lipinski definition) is 8. The minimum absolute atomic E-state index is 0.148. The highest BCUT2D eigenvalue weighted by molar-refractivity contribution is 6.28. The molecule has 8 heteroatoms. The summed E-state index contributed by atoms with van der Waals surface area (Å²) in [6.07, 6.45) is 5.58. The van der Waals surface area contributed by atoms with Crippen molar-refractivity contribution in [1.29, 1.82) is 0 Å². The lowest BCUT2D eigenvalue weighted by molar-refractivity contribution is 0.661. The van der Waals surface area contributed by atoms with Gasteiger partial charge >= 0.3 is 0 Å². The third-order valence-corrected chi connectivity index (χ3v) is 28.2. The molecule has 8 heterocycles. The lowest BCUT2D eigenvalue weighted by Gasteiger charge is -2.25. The third kappa shape index (κ3) is 12.3. The fourth-order valence-corrected chi connectivity index (χ4v) is 21.9. The predicted molar refractivity (Wildman–Crippen MR) is 544 cm³/mol. The molecule has 0 N–H and O–H groups in total. The van der Waals surface area contributed by atoms with Gasteiger partial charge in [-0.25, -0.2) is 29.9 Å². The summed E-state index contributed by atoms with van der Waals surface area (Å²) in [6, 6.07) is 137. The quantitative estimate of drug-likeness (QED) is 0.139. The van der Waals surface area contributed by atoms with Crippen LogP contribution in [0.4, 0.5) is 0 Å². The van der Waals surface area contributed by atoms with Crippen molar-refractivity contribution in [2.24, 2.45) is 0 Å². The molecule has 16 aromatic carbocycles. The van der Waals surface area contributed by atoms with Gasteiger partial charge in [0.25, 0.3) is 0 Å². The highest BCUT2D eigenvalue weighted by Crippen LogP contribution is 2.58. The standard InChI is InChI=1S/C45H30N2.C42H29N3.C36H25N3/c1-45(2)38-9-5-3-7-36(38)44-43(45)42(37-8-4-6-10-39(37)47-44)31-13-11-27(12-14-31)32-19-15-29-18-22-35-33(28-23-25-46-26-24-28)20-16-30-17-21-34(32)40(29)41(30)35;1-42(2)33-14-8-6-12-31(33)41-38(42)37(32-13-7-9-15-36(32)45-41)28-18-16-27(17-19-28)35-25-23-30-21-20-29-22-24-34(26-10-4-3-5-11-26)43-39(29)40(30)44-35;1-36(2)28-11-5-3-9-26(28)35-32(36)31(27-10-4-6-12-30(27)39-35)23-15-13-22(14-16-23)29-20-19-25-18-17-24-8-7-21-37-33(24)34(25)38-29/h3-26H,1-2H3;3-25H,1-2H3;3-21H,1-2H3. The highest BCUT2D eigenvalue weighted by Gasteiger charge is 2.43. The number of aromatic nitrogens is 8. The molecule has 0 amide bonds. The van der Waals surface area contributed by atoms with Gasteiger partial charge in [-0.2, -0.15) is 0 Å². The second kappa shape index (κ2) is 29.9. The van der Waals surface area contributed by atoms with Crippen molar-refractivity contribution in [3.63, 3.8) is 0 Å². The smallest absolute Gasteiger partial charge is 0.0972 e. The van der Waals surface area contributed by atoms with Gasteiger partial charge in [0.05, 0.1) is 72.8 Å². The van der Waals surface area contributed by atoms with Crippen molar-refractivity contribution >= 4 is 109 Å². The molecule has 0 radical (unpaired) electrons. The SMILES string of the molecule is CC1(C)c2ccccc2-c2nc3ccccc3c(-c3ccc(-c4ccc5ccc6c(-c7ccncc7)ccc7ccc4c5c76)cc3)c21.CC1(C)c2ccccc2-c2nc3ccccc3c(-c3ccc(-c4ccc5ccc6ccc(-c7ccccc7)nc6c5n4)cc3)c21.CC1(C)c2ccccc2-c2nc3ccccc3c(-c3ccc(-c4ccc5ccc6cccnc6c5n4)cc3)c21. The number of hydrogen-bond donors (Lipinski definition) is 0. The van der Waals surface area contributed by atoms with Crippen LogP contribution in [0.5, 0.6) is 0 Å². The zero-order chi connectivity index (χ0) is 87.5. The van der Waals surface area contributed by atoms with Crippen LogP contribution in [-0.2, 0) is 16.2 Å². The average Bonchev–Trinajstić information content (AvgIpc) is 1.57. The molecule has 0 bridgehead atoms. The first-order valence-corrected chi connectivity index (χ1v) is 45.2. The van der Waals surface area contributed by atoms with Gasteiger partial charge in [-0.1, -0.05) is 369 Å². The Morgan fingerprint density at radius 2 is 0.496 bits per heavy atom. The molecule has 0 atom stereocenters. The van der Waals surface area contributed by atoms with E-state index in [1.807, 2.05) is 42.9 Å². The van der Waals surface area contributed by atoms with E-state index >= 15 is 0 Å². The highest BCUT2D eigenvalue weighted by atomic mass is 14.8. The van der Waals surface area contributed by atoms with E-state index in [0.717, 1.165) is 111 Å². The normalized spacial score (nSPS) is 13.5. The Kier molecular flexibility index (Phi) is 17.5. The summed E-state index contributed by atoms with van der Waals surface area (Å²) < 4.78 is 0. The van der Waals surface area contributed by atoms with Crippen LogP contribution in [-0.4, -0.2) is 39.9 Å². The zero-order valence-corrected chi connectivity index (χ0v) is 73.2. The van der Waals surface area contributed by atoms with Gasteiger partial charge in [-0.15, -0.1) is 0 Å². The fraction of sp³-hybridized carbons (Fsp3) is 0.0732. The van der Waals surface area contributed by atoms with Crippen LogP contribution >= 0.6 is 0 Å². The maximum Gasteiger partial charge on any atom is 0.0972 e. The molecule has 8 aromatic heterocycles. The fourth-order valence-electron chi connectivity index (χ4n) is 21.9. The Balaban J connectivity index is 0.000000106. The van der Waals surface area contributed by atoms with Gasteiger partial charge in [0.15, 0.2) is 0 Å². The topological polar surface area (TPSA) is 103 Å². The van der Waals surface area contributed by atoms with Gasteiger partial charge in [-0.3, -0.25) is 9.97 Å². The van der Waals surface area contributed by atoms with Crippen LogP contribution in [0, 0.1) is 0 Å². The summed E-state index contributed by atoms with van der Waals surface area (Å²) in [5.74, 6) is 0. The van der Waals surface area contributed by atoms with E-state index in [0.29, 0.717) is 0 Å². The zero-order valence-electron chi connectivity index (χ0n) is 73.2. The largest absolute Gasteiger partial charge is 0.265 e. The molecular formula is C123H84N8. The van der Waals surface area contributed by atoms with Gasteiger partial charge in [0.1, 0.15) is 0 Å². The van der Waals surface area contributed by atoms with Crippen molar-refractivity contribution in [2.75, 3.05) is 0 Å². The maximum absolute atomic E-state index is 5.24. The summed E-state index contributed by atoms with van der Waals surface area (Å²) in [5, 5.41) is 15.7. The van der Waals surface area contributed by atoms with E-state index in [4.69, 9.17) is 29.9 Å². The molecular weight excluding hydrogens is 1590 g/mol. The van der Waals surface area contributed by atoms with Crippen LogP contribution in [0.2, 0.25) is 0 Å². The molecule has 27 rings (SSSR count). The lowest BCUT2D eigenvalue weighted by Crippen LogP contribution is -2.16. The number of fused-ring (bicyclic) bond motifs is 18. The Labute approximate surface area is 758 Å². The van der Waals surface area contributed by atoms with Crippen molar-refractivity contribution in [3.8, 4) is 123 Å². The average molecular weight is 1670 g/mol. The molecule has 3 aliphatic carbocycles. The summed E-state index contributed by atoms with van der Waals surface area (Å²) >= 11 is 0. The van der Waals surface area contributed by atoms with Crippen LogP contribution in [0.3, 0.4) is 0 Å².